The van der Waals surface area contributed by atoms with Crippen molar-refractivity contribution in [3.63, 3.8) is 0 Å². The highest BCUT2D eigenvalue weighted by molar-refractivity contribution is 5.71. The Kier molecular flexibility index (Phi) is 22.5. The summed E-state index contributed by atoms with van der Waals surface area (Å²) in [5.41, 5.74) is 4.26. The number of carbonyl (C=O) groups excluding carboxylic acids is 3. The molecule has 370 valence electrons. The van der Waals surface area contributed by atoms with E-state index in [4.69, 9.17) is 19.3 Å². The lowest BCUT2D eigenvalue weighted by Crippen LogP contribution is -2.53. The van der Waals surface area contributed by atoms with Crippen LogP contribution in [0.5, 0.6) is 17.2 Å². The first-order chi connectivity index (χ1) is 33.5. The molecule has 0 saturated carbocycles. The maximum Gasteiger partial charge on any atom is 0.410 e. The van der Waals surface area contributed by atoms with Gasteiger partial charge in [-0.2, -0.15) is 0 Å². The van der Waals surface area contributed by atoms with Crippen molar-refractivity contribution < 1.29 is 43.2 Å². The van der Waals surface area contributed by atoms with Gasteiger partial charge in [0.25, 0.3) is 0 Å². The number of hydrogen-bond donors (Lipinski definition) is 4. The molecule has 3 aliphatic heterocycles. The molecule has 0 bridgehead atoms. The Morgan fingerprint density at radius 3 is 1.77 bits per heavy atom. The standard InChI is InChI=1S/C19H23N3O3.C13H20FN3O.C13H18N2O2.C6H5NO2/c1-15-12-21(13-17-7-8-18(23)11-20-17)9-10-22(15)19(24)25-14-16-5-3-2-4-6-16;1-11-9-17(6-5-15-11)10-12-2-3-13(8-16-12)18-7-4-14;1-11-9-14-7-8-15(11)13(16)17-10-12-5-3-2-4-6-12;8-4-5-1-2-6(9)3-7-5/h2-8,11,15,23H,9-10,12-14H2,1H3;2-3,8,11,15H,4-7,9-10H2,1H3;2-6,11,14H,7-10H2,1H3;1-4,9H/t15-;2*11-;/m111./s1. The molecule has 2 aromatic carbocycles. The molecular formula is C51H66FN9O8. The van der Waals surface area contributed by atoms with E-state index in [9.17, 15) is 23.9 Å². The van der Waals surface area contributed by atoms with Crippen molar-refractivity contribution in [2.45, 2.75) is 65.2 Å². The molecule has 3 aliphatic rings. The molecule has 17 nitrogen and oxygen atoms in total. The Morgan fingerprint density at radius 2 is 1.26 bits per heavy atom. The number of benzene rings is 2. The monoisotopic (exact) mass is 952 g/mol. The van der Waals surface area contributed by atoms with E-state index < -0.39 is 6.67 Å². The minimum Gasteiger partial charge on any atom is -0.506 e. The third-order valence-electron chi connectivity index (χ3n) is 11.2. The Bertz CT molecular complexity index is 2230. The van der Waals surface area contributed by atoms with E-state index in [0.29, 0.717) is 50.1 Å². The van der Waals surface area contributed by atoms with Crippen LogP contribution in [0, 0.1) is 0 Å². The molecule has 0 radical (unpaired) electrons. The van der Waals surface area contributed by atoms with Crippen LogP contribution < -0.4 is 15.4 Å². The lowest BCUT2D eigenvalue weighted by molar-refractivity contribution is 0.0455. The molecule has 2 amide bonds. The number of aldehydes is 1. The molecule has 18 heteroatoms. The second kappa shape index (κ2) is 29.2. The largest absolute Gasteiger partial charge is 0.506 e. The Balaban J connectivity index is 0.000000180. The second-order valence-corrected chi connectivity index (χ2v) is 16.8. The van der Waals surface area contributed by atoms with Gasteiger partial charge in [0, 0.05) is 90.1 Å². The minimum absolute atomic E-state index is 0.0700. The molecule has 0 unspecified atom stereocenters. The van der Waals surface area contributed by atoms with Crippen LogP contribution in [0.2, 0.25) is 0 Å². The fraction of sp³-hybridized carbons (Fsp3) is 0.412. The number of carbonyl (C=O) groups is 3. The van der Waals surface area contributed by atoms with E-state index in [-0.39, 0.29) is 42.4 Å². The van der Waals surface area contributed by atoms with Crippen LogP contribution in [0.25, 0.3) is 0 Å². The number of amides is 2. The highest BCUT2D eigenvalue weighted by Gasteiger charge is 2.29. The maximum absolute atomic E-state index is 12.3. The van der Waals surface area contributed by atoms with Gasteiger partial charge in [-0.05, 0) is 68.3 Å². The fourth-order valence-corrected chi connectivity index (χ4v) is 7.50. The van der Waals surface area contributed by atoms with Gasteiger partial charge < -0.3 is 44.9 Å². The van der Waals surface area contributed by atoms with Gasteiger partial charge in [0.2, 0.25) is 0 Å². The summed E-state index contributed by atoms with van der Waals surface area (Å²) in [7, 11) is 0. The van der Waals surface area contributed by atoms with Gasteiger partial charge >= 0.3 is 12.2 Å². The summed E-state index contributed by atoms with van der Waals surface area (Å²) in [5, 5.41) is 24.6. The molecule has 3 aromatic heterocycles. The molecule has 69 heavy (non-hydrogen) atoms. The zero-order chi connectivity index (χ0) is 49.2. The number of pyridine rings is 3. The number of piperazine rings is 3. The van der Waals surface area contributed by atoms with Crippen molar-refractivity contribution in [2.24, 2.45) is 0 Å². The van der Waals surface area contributed by atoms with Gasteiger partial charge in [0.15, 0.2) is 6.29 Å². The van der Waals surface area contributed by atoms with E-state index in [1.54, 1.807) is 22.1 Å². The van der Waals surface area contributed by atoms with E-state index in [0.717, 1.165) is 81.4 Å². The highest BCUT2D eigenvalue weighted by atomic mass is 19.1. The van der Waals surface area contributed by atoms with Gasteiger partial charge in [-0.25, -0.2) is 19.0 Å². The average Bonchev–Trinajstić information content (AvgIpc) is 3.37. The molecule has 0 spiro atoms. The number of nitrogens with zero attached hydrogens (tertiary/aromatic N) is 7. The molecular weight excluding hydrogens is 886 g/mol. The average molecular weight is 952 g/mol. The van der Waals surface area contributed by atoms with Crippen molar-refractivity contribution in [3.8, 4) is 17.2 Å². The van der Waals surface area contributed by atoms with Crippen LogP contribution in [-0.2, 0) is 35.8 Å². The zero-order valence-electron chi connectivity index (χ0n) is 39.7. The van der Waals surface area contributed by atoms with Crippen molar-refractivity contribution in [1.29, 1.82) is 0 Å². The lowest BCUT2D eigenvalue weighted by atomic mass is 10.2. The summed E-state index contributed by atoms with van der Waals surface area (Å²) in [6.45, 7) is 15.7. The molecule has 4 N–H and O–H groups in total. The minimum atomic E-state index is -0.472. The highest BCUT2D eigenvalue weighted by Crippen LogP contribution is 2.16. The summed E-state index contributed by atoms with van der Waals surface area (Å²) in [6.07, 6.45) is 4.48. The Morgan fingerprint density at radius 1 is 0.681 bits per heavy atom. The summed E-state index contributed by atoms with van der Waals surface area (Å²) >= 11 is 0. The fourth-order valence-electron chi connectivity index (χ4n) is 7.50. The molecule has 0 aliphatic carbocycles. The van der Waals surface area contributed by atoms with Crippen LogP contribution in [0.3, 0.4) is 0 Å². The molecule has 3 atom stereocenters. The summed E-state index contributed by atoms with van der Waals surface area (Å²) < 4.78 is 27.8. The third kappa shape index (κ3) is 19.4. The van der Waals surface area contributed by atoms with Crippen LogP contribution in [0.1, 0.15) is 53.8 Å². The van der Waals surface area contributed by atoms with Gasteiger partial charge in [0.1, 0.15) is 49.4 Å². The van der Waals surface area contributed by atoms with Crippen LogP contribution >= 0.6 is 0 Å². The van der Waals surface area contributed by atoms with Crippen molar-refractivity contribution in [3.05, 3.63) is 144 Å². The van der Waals surface area contributed by atoms with E-state index in [1.807, 2.05) is 92.7 Å². The second-order valence-electron chi connectivity index (χ2n) is 16.8. The van der Waals surface area contributed by atoms with Gasteiger partial charge in [-0.15, -0.1) is 0 Å². The smallest absolute Gasteiger partial charge is 0.410 e. The summed E-state index contributed by atoms with van der Waals surface area (Å²) in [4.78, 5) is 54.5. The number of nitrogens with one attached hydrogen (secondary N) is 2. The lowest BCUT2D eigenvalue weighted by Gasteiger charge is -2.39. The van der Waals surface area contributed by atoms with Crippen molar-refractivity contribution in [1.82, 2.24) is 45.2 Å². The van der Waals surface area contributed by atoms with E-state index >= 15 is 0 Å². The maximum atomic E-state index is 12.3. The van der Waals surface area contributed by atoms with Crippen molar-refractivity contribution in [2.75, 3.05) is 72.2 Å². The molecule has 8 rings (SSSR count). The topological polar surface area (TPSA) is 195 Å². The normalized spacial score (nSPS) is 18.1. The Hall–Kier alpha value is -6.73. The van der Waals surface area contributed by atoms with Gasteiger partial charge in [0.05, 0.1) is 30.0 Å². The van der Waals surface area contributed by atoms with Gasteiger partial charge in [-0.1, -0.05) is 60.7 Å². The van der Waals surface area contributed by atoms with Crippen LogP contribution in [0.4, 0.5) is 14.0 Å². The Labute approximate surface area is 404 Å². The number of halogens is 1. The zero-order valence-corrected chi connectivity index (χ0v) is 39.7. The number of aromatic hydroxyl groups is 2. The first-order valence-corrected chi connectivity index (χ1v) is 23.2. The first-order valence-electron chi connectivity index (χ1n) is 23.2. The number of rotatable bonds is 12. The van der Waals surface area contributed by atoms with Crippen LogP contribution in [0.15, 0.2) is 116 Å². The van der Waals surface area contributed by atoms with Crippen LogP contribution in [-0.4, -0.2) is 154 Å². The number of aromatic nitrogens is 3. The molecule has 3 fully saturated rings. The molecule has 5 aromatic rings. The van der Waals surface area contributed by atoms with Gasteiger partial charge in [-0.3, -0.25) is 24.6 Å². The molecule has 3 saturated heterocycles. The predicted octanol–water partition coefficient (Wildman–Crippen LogP) is 6.07. The number of ether oxygens (including phenoxy) is 3. The first kappa shape index (κ1) is 53.2. The predicted molar refractivity (Wildman–Crippen MR) is 259 cm³/mol. The number of hydrogen-bond acceptors (Lipinski definition) is 15. The quantitative estimate of drug-likeness (QED) is 0.105. The summed E-state index contributed by atoms with van der Waals surface area (Å²) in [6, 6.07) is 30.4. The molecule has 6 heterocycles. The number of alkyl halides is 1. The van der Waals surface area contributed by atoms with E-state index in [1.165, 1.54) is 24.5 Å². The summed E-state index contributed by atoms with van der Waals surface area (Å²) in [5.74, 6) is 0.869. The van der Waals surface area contributed by atoms with Crippen molar-refractivity contribution >= 4 is 18.5 Å². The van der Waals surface area contributed by atoms with E-state index in [2.05, 4.69) is 42.3 Å². The SMILES string of the molecule is C[C@@H]1CN(Cc2ccc(O)cn2)CCN1C(=O)OCc1ccccc1.C[C@@H]1CN(Cc2ccc(OCCF)cn2)CCN1.C[C@@H]1CNCCN1C(=O)OCc1ccccc1.O=Cc1ccc(O)cn1. The third-order valence-corrected chi connectivity index (χ3v) is 11.2.